The first kappa shape index (κ1) is 26.0. The molecular weight excluding hydrogens is 459 g/mol. The molecule has 0 spiro atoms. The number of hydrogen-bond donors (Lipinski definition) is 2. The van der Waals surface area contributed by atoms with Crippen molar-refractivity contribution in [3.8, 4) is 5.75 Å². The van der Waals surface area contributed by atoms with Crippen LogP contribution in [-0.4, -0.2) is 52.8 Å². The number of nitrogens with zero attached hydrogens (tertiary/aromatic N) is 2. The SMILES string of the molecule is COc1ccc2nccc(C(O)CC[C@@H]3CCN(CCCCc4ccc(F)cc4)C[C@@H]3C(=O)O)c2c1. The average Bonchev–Trinajstić information content (AvgIpc) is 2.90. The summed E-state index contributed by atoms with van der Waals surface area (Å²) in [7, 11) is 1.61. The summed E-state index contributed by atoms with van der Waals surface area (Å²) in [5.74, 6) is -0.666. The predicted octanol–water partition coefficient (Wildman–Crippen LogP) is 5.24. The Morgan fingerprint density at radius 1 is 1.19 bits per heavy atom. The largest absolute Gasteiger partial charge is 0.497 e. The quantitative estimate of drug-likeness (QED) is 0.355. The van der Waals surface area contributed by atoms with Gasteiger partial charge in [0.2, 0.25) is 0 Å². The molecule has 1 aromatic heterocycles. The maximum absolute atomic E-state index is 13.1. The molecule has 6 nitrogen and oxygen atoms in total. The Morgan fingerprint density at radius 2 is 2.00 bits per heavy atom. The van der Waals surface area contributed by atoms with E-state index in [0.29, 0.717) is 25.1 Å². The third-order valence-electron chi connectivity index (χ3n) is 7.41. The van der Waals surface area contributed by atoms with Gasteiger partial charge in [-0.05, 0) is 105 Å². The van der Waals surface area contributed by atoms with Crippen LogP contribution in [0.2, 0.25) is 0 Å². The molecule has 1 aliphatic heterocycles. The van der Waals surface area contributed by atoms with E-state index in [1.54, 1.807) is 13.3 Å². The summed E-state index contributed by atoms with van der Waals surface area (Å²) in [6.07, 6.45) is 5.83. The number of ether oxygens (including phenoxy) is 1. The van der Waals surface area contributed by atoms with Gasteiger partial charge in [-0.25, -0.2) is 4.39 Å². The van der Waals surface area contributed by atoms with Crippen LogP contribution in [-0.2, 0) is 11.2 Å². The highest BCUT2D eigenvalue weighted by atomic mass is 19.1. The van der Waals surface area contributed by atoms with E-state index in [9.17, 15) is 19.4 Å². The van der Waals surface area contributed by atoms with Gasteiger partial charge in [0.1, 0.15) is 11.6 Å². The lowest BCUT2D eigenvalue weighted by Crippen LogP contribution is -2.44. The maximum Gasteiger partial charge on any atom is 0.308 e. The number of methoxy groups -OCH3 is 1. The fourth-order valence-electron chi connectivity index (χ4n) is 5.30. The number of aliphatic hydroxyl groups excluding tert-OH is 1. The number of carboxylic acid groups (broad SMARTS) is 1. The molecule has 192 valence electrons. The van der Waals surface area contributed by atoms with E-state index in [0.717, 1.165) is 60.8 Å². The van der Waals surface area contributed by atoms with Crippen LogP contribution in [0.3, 0.4) is 0 Å². The lowest BCUT2D eigenvalue weighted by atomic mass is 9.81. The van der Waals surface area contributed by atoms with Crippen molar-refractivity contribution >= 4 is 16.9 Å². The van der Waals surface area contributed by atoms with Crippen molar-refractivity contribution in [1.82, 2.24) is 9.88 Å². The first-order valence-electron chi connectivity index (χ1n) is 12.7. The van der Waals surface area contributed by atoms with Gasteiger partial charge < -0.3 is 19.8 Å². The van der Waals surface area contributed by atoms with Crippen molar-refractivity contribution in [3.05, 3.63) is 71.7 Å². The molecule has 1 unspecified atom stereocenters. The molecule has 1 aliphatic rings. The first-order valence-corrected chi connectivity index (χ1v) is 12.7. The Kier molecular flexibility index (Phi) is 8.88. The van der Waals surface area contributed by atoms with Crippen LogP contribution in [0, 0.1) is 17.7 Å². The minimum absolute atomic E-state index is 0.0373. The highest BCUT2D eigenvalue weighted by Gasteiger charge is 2.34. The van der Waals surface area contributed by atoms with Gasteiger partial charge in [0.15, 0.2) is 0 Å². The number of fused-ring (bicyclic) bond motifs is 1. The summed E-state index contributed by atoms with van der Waals surface area (Å²) in [5.41, 5.74) is 2.71. The third kappa shape index (κ3) is 6.59. The van der Waals surface area contributed by atoms with Crippen molar-refractivity contribution in [3.63, 3.8) is 0 Å². The van der Waals surface area contributed by atoms with E-state index < -0.39 is 18.0 Å². The smallest absolute Gasteiger partial charge is 0.308 e. The number of aryl methyl sites for hydroxylation is 1. The predicted molar refractivity (Wildman–Crippen MR) is 137 cm³/mol. The molecule has 2 N–H and O–H groups in total. The number of pyridine rings is 1. The number of hydrogen-bond acceptors (Lipinski definition) is 5. The van der Waals surface area contributed by atoms with Crippen LogP contribution in [0.4, 0.5) is 4.39 Å². The number of aliphatic carboxylic acids is 1. The molecule has 0 saturated carbocycles. The van der Waals surface area contributed by atoms with Crippen LogP contribution in [0.1, 0.15) is 49.3 Å². The Morgan fingerprint density at radius 3 is 2.75 bits per heavy atom. The van der Waals surface area contributed by atoms with E-state index in [4.69, 9.17) is 4.74 Å². The zero-order chi connectivity index (χ0) is 25.5. The number of halogens is 1. The van der Waals surface area contributed by atoms with Crippen molar-refractivity contribution in [1.29, 1.82) is 0 Å². The number of likely N-dealkylation sites (tertiary alicyclic amines) is 1. The van der Waals surface area contributed by atoms with Crippen LogP contribution in [0.5, 0.6) is 5.75 Å². The Hall–Kier alpha value is -3.03. The molecule has 2 heterocycles. The fraction of sp³-hybridized carbons (Fsp3) is 0.448. The average molecular weight is 495 g/mol. The number of piperidine rings is 1. The number of unbranched alkanes of at least 4 members (excludes halogenated alkanes) is 1. The number of aromatic nitrogens is 1. The van der Waals surface area contributed by atoms with Crippen molar-refractivity contribution in [2.24, 2.45) is 11.8 Å². The summed E-state index contributed by atoms with van der Waals surface area (Å²) < 4.78 is 18.4. The van der Waals surface area contributed by atoms with Crippen molar-refractivity contribution in [2.45, 2.75) is 44.6 Å². The van der Waals surface area contributed by atoms with Crippen molar-refractivity contribution in [2.75, 3.05) is 26.7 Å². The minimum Gasteiger partial charge on any atom is -0.497 e. The molecule has 36 heavy (non-hydrogen) atoms. The van der Waals surface area contributed by atoms with Gasteiger partial charge >= 0.3 is 5.97 Å². The molecule has 2 aromatic carbocycles. The van der Waals surface area contributed by atoms with Crippen LogP contribution in [0.25, 0.3) is 10.9 Å². The van der Waals surface area contributed by atoms with Gasteiger partial charge in [-0.1, -0.05) is 12.1 Å². The molecule has 0 bridgehead atoms. The standard InChI is InChI=1S/C29H35FN2O4/c1-36-23-10-11-27-25(18-23)24(13-15-31-27)28(33)12-7-21-14-17-32(19-26(21)29(34)35)16-3-2-4-20-5-8-22(30)9-6-20/h5-6,8-11,13,15,18,21,26,28,33H,2-4,7,12,14,16-17,19H2,1H3,(H,34,35)/t21-,26+,28?/m1/s1. The monoisotopic (exact) mass is 494 g/mol. The first-order chi connectivity index (χ1) is 17.4. The van der Waals surface area contributed by atoms with Gasteiger partial charge in [0.05, 0.1) is 24.6 Å². The number of benzene rings is 2. The van der Waals surface area contributed by atoms with E-state index >= 15 is 0 Å². The number of aliphatic hydroxyl groups is 1. The number of carbonyl (C=O) groups is 1. The molecule has 3 atom stereocenters. The lowest BCUT2D eigenvalue weighted by Gasteiger charge is -2.37. The van der Waals surface area contributed by atoms with Gasteiger partial charge in [-0.3, -0.25) is 9.78 Å². The molecule has 0 amide bonds. The molecular formula is C29H35FN2O4. The molecule has 4 rings (SSSR count). The fourth-order valence-corrected chi connectivity index (χ4v) is 5.30. The number of rotatable bonds is 11. The van der Waals surface area contributed by atoms with E-state index in [-0.39, 0.29) is 11.7 Å². The second kappa shape index (κ2) is 12.3. The molecule has 1 saturated heterocycles. The summed E-state index contributed by atoms with van der Waals surface area (Å²) in [6.45, 7) is 2.28. The normalized spacial score (nSPS) is 19.3. The lowest BCUT2D eigenvalue weighted by molar-refractivity contribution is -0.146. The second-order valence-electron chi connectivity index (χ2n) is 9.75. The van der Waals surface area contributed by atoms with E-state index in [1.165, 1.54) is 12.1 Å². The zero-order valence-corrected chi connectivity index (χ0v) is 20.8. The highest BCUT2D eigenvalue weighted by Crippen LogP contribution is 2.33. The van der Waals surface area contributed by atoms with Gasteiger partial charge in [-0.15, -0.1) is 0 Å². The molecule has 0 radical (unpaired) electrons. The minimum atomic E-state index is -0.760. The van der Waals surface area contributed by atoms with E-state index in [2.05, 4.69) is 9.88 Å². The van der Waals surface area contributed by atoms with Crippen LogP contribution in [0.15, 0.2) is 54.7 Å². The molecule has 3 aromatic rings. The molecule has 1 fully saturated rings. The molecule has 0 aliphatic carbocycles. The highest BCUT2D eigenvalue weighted by molar-refractivity contribution is 5.83. The summed E-state index contributed by atoms with van der Waals surface area (Å²) in [6, 6.07) is 14.1. The summed E-state index contributed by atoms with van der Waals surface area (Å²) in [5, 5.41) is 21.8. The van der Waals surface area contributed by atoms with Gasteiger partial charge in [0, 0.05) is 18.1 Å². The van der Waals surface area contributed by atoms with Crippen LogP contribution < -0.4 is 4.74 Å². The summed E-state index contributed by atoms with van der Waals surface area (Å²) in [4.78, 5) is 18.7. The molecule has 7 heteroatoms. The van der Waals surface area contributed by atoms with Crippen LogP contribution >= 0.6 is 0 Å². The van der Waals surface area contributed by atoms with Gasteiger partial charge in [-0.2, -0.15) is 0 Å². The zero-order valence-electron chi connectivity index (χ0n) is 20.8. The second-order valence-corrected chi connectivity index (χ2v) is 9.75. The Bertz CT molecular complexity index is 1150. The third-order valence-corrected chi connectivity index (χ3v) is 7.41. The summed E-state index contributed by atoms with van der Waals surface area (Å²) >= 11 is 0. The number of carboxylic acids is 1. The Labute approximate surface area is 211 Å². The van der Waals surface area contributed by atoms with Gasteiger partial charge in [0.25, 0.3) is 0 Å². The Balaban J connectivity index is 1.29. The van der Waals surface area contributed by atoms with E-state index in [1.807, 2.05) is 36.4 Å². The van der Waals surface area contributed by atoms with Crippen molar-refractivity contribution < 1.29 is 24.1 Å². The topological polar surface area (TPSA) is 82.9 Å². The maximum atomic E-state index is 13.1.